The predicted molar refractivity (Wildman–Crippen MR) is 102 cm³/mol. The summed E-state index contributed by atoms with van der Waals surface area (Å²) < 4.78 is 29.4. The number of allylic oxidation sites excluding steroid dienone is 1. The zero-order chi connectivity index (χ0) is 20.7. The van der Waals surface area contributed by atoms with E-state index in [2.05, 4.69) is 11.6 Å². The molecule has 0 unspecified atom stereocenters. The lowest BCUT2D eigenvalue weighted by Gasteiger charge is -2.10. The molecule has 0 atom stereocenters. The van der Waals surface area contributed by atoms with Gasteiger partial charge >= 0.3 is 0 Å². The molecule has 0 spiro atoms. The van der Waals surface area contributed by atoms with Crippen molar-refractivity contribution < 1.29 is 23.2 Å². The highest BCUT2D eigenvalue weighted by Crippen LogP contribution is 2.23. The molecule has 1 aromatic heterocycles. The average Bonchev–Trinajstić information content (AvgIpc) is 3.13. The molecular formula is C20H13F2N3O3S. The van der Waals surface area contributed by atoms with Crippen molar-refractivity contribution >= 4 is 39.3 Å². The van der Waals surface area contributed by atoms with Crippen molar-refractivity contribution in [1.29, 1.82) is 0 Å². The first-order chi connectivity index (χ1) is 13.9. The summed E-state index contributed by atoms with van der Waals surface area (Å²) >= 11 is 0.927. The van der Waals surface area contributed by atoms with Crippen molar-refractivity contribution in [2.24, 2.45) is 4.99 Å². The monoisotopic (exact) mass is 413 g/mol. The number of hydrogen-bond acceptors (Lipinski definition) is 4. The number of aromatic nitrogens is 1. The van der Waals surface area contributed by atoms with Gasteiger partial charge in [0, 0.05) is 12.6 Å². The maximum Gasteiger partial charge on any atom is 0.268 e. The number of nitrogens with zero attached hydrogens (tertiary/aromatic N) is 3. The lowest BCUT2D eigenvalue weighted by molar-refractivity contribution is -0.118. The first-order valence-corrected chi connectivity index (χ1v) is 9.34. The maximum atomic E-state index is 14.3. The van der Waals surface area contributed by atoms with E-state index in [-0.39, 0.29) is 32.7 Å². The van der Waals surface area contributed by atoms with Gasteiger partial charge in [-0.05, 0) is 18.2 Å². The molecule has 0 radical (unpaired) electrons. The van der Waals surface area contributed by atoms with E-state index >= 15 is 0 Å². The van der Waals surface area contributed by atoms with Crippen molar-refractivity contribution in [2.75, 3.05) is 6.54 Å². The van der Waals surface area contributed by atoms with E-state index in [0.717, 1.165) is 28.4 Å². The fourth-order valence-electron chi connectivity index (χ4n) is 3.17. The van der Waals surface area contributed by atoms with E-state index in [0.29, 0.717) is 0 Å². The van der Waals surface area contributed by atoms with Crippen LogP contribution in [0.4, 0.5) is 8.78 Å². The Morgan fingerprint density at radius 2 is 1.79 bits per heavy atom. The second kappa shape index (κ2) is 7.17. The molecular weight excluding hydrogens is 400 g/mol. The number of thiazole rings is 1. The highest BCUT2D eigenvalue weighted by atomic mass is 32.1. The SMILES string of the molecule is C=CCn1c(=NC(=O)CN2C(=O)c3ccccc3C2=O)sc2cc(F)cc(F)c21. The molecule has 29 heavy (non-hydrogen) atoms. The van der Waals surface area contributed by atoms with Crippen LogP contribution in [0.3, 0.4) is 0 Å². The Balaban J connectivity index is 1.71. The largest absolute Gasteiger partial charge is 0.310 e. The van der Waals surface area contributed by atoms with Crippen LogP contribution in [0.1, 0.15) is 20.7 Å². The zero-order valence-electron chi connectivity index (χ0n) is 14.9. The summed E-state index contributed by atoms with van der Waals surface area (Å²) in [6.07, 6.45) is 1.49. The van der Waals surface area contributed by atoms with Crippen LogP contribution in [0.5, 0.6) is 0 Å². The Hall–Kier alpha value is -3.46. The van der Waals surface area contributed by atoms with E-state index in [1.54, 1.807) is 12.1 Å². The van der Waals surface area contributed by atoms with Gasteiger partial charge in [-0.25, -0.2) is 8.78 Å². The van der Waals surface area contributed by atoms with Gasteiger partial charge in [0.05, 0.1) is 21.3 Å². The number of rotatable bonds is 4. The molecule has 1 aliphatic rings. The van der Waals surface area contributed by atoms with Gasteiger partial charge in [-0.3, -0.25) is 19.3 Å². The van der Waals surface area contributed by atoms with Crippen LogP contribution in [0.2, 0.25) is 0 Å². The second-order valence-corrected chi connectivity index (χ2v) is 7.27. The minimum Gasteiger partial charge on any atom is -0.310 e. The number of amides is 3. The lowest BCUT2D eigenvalue weighted by atomic mass is 10.1. The third-order valence-corrected chi connectivity index (χ3v) is 5.42. The van der Waals surface area contributed by atoms with Gasteiger partial charge in [0.15, 0.2) is 10.6 Å². The third-order valence-electron chi connectivity index (χ3n) is 4.40. The van der Waals surface area contributed by atoms with Gasteiger partial charge in [0.1, 0.15) is 12.4 Å². The molecule has 3 aromatic rings. The Bertz CT molecular complexity index is 1240. The first-order valence-electron chi connectivity index (χ1n) is 8.52. The van der Waals surface area contributed by atoms with Crippen LogP contribution in [-0.2, 0) is 11.3 Å². The molecule has 0 N–H and O–H groups in total. The van der Waals surface area contributed by atoms with E-state index < -0.39 is 35.9 Å². The van der Waals surface area contributed by atoms with E-state index in [9.17, 15) is 23.2 Å². The second-order valence-electron chi connectivity index (χ2n) is 6.27. The van der Waals surface area contributed by atoms with Gasteiger partial charge in [-0.15, -0.1) is 6.58 Å². The highest BCUT2D eigenvalue weighted by Gasteiger charge is 2.36. The van der Waals surface area contributed by atoms with Gasteiger partial charge in [0.25, 0.3) is 17.7 Å². The number of benzene rings is 2. The number of carbonyl (C=O) groups is 3. The Kier molecular flexibility index (Phi) is 4.67. The van der Waals surface area contributed by atoms with E-state index in [1.807, 2.05) is 0 Å². The molecule has 146 valence electrons. The normalized spacial score (nSPS) is 14.0. The van der Waals surface area contributed by atoms with Gasteiger partial charge in [0.2, 0.25) is 0 Å². The molecule has 9 heteroatoms. The van der Waals surface area contributed by atoms with Gasteiger partial charge < -0.3 is 4.57 Å². The van der Waals surface area contributed by atoms with E-state index in [4.69, 9.17) is 0 Å². The van der Waals surface area contributed by atoms with Crippen molar-refractivity contribution in [3.8, 4) is 0 Å². The number of fused-ring (bicyclic) bond motifs is 2. The number of halogens is 2. The van der Waals surface area contributed by atoms with Crippen molar-refractivity contribution in [1.82, 2.24) is 9.47 Å². The summed E-state index contributed by atoms with van der Waals surface area (Å²) in [7, 11) is 0. The summed E-state index contributed by atoms with van der Waals surface area (Å²) in [6, 6.07) is 8.18. The summed E-state index contributed by atoms with van der Waals surface area (Å²) in [5.74, 6) is -3.43. The molecule has 2 heterocycles. The van der Waals surface area contributed by atoms with E-state index in [1.165, 1.54) is 22.8 Å². The Morgan fingerprint density at radius 1 is 1.14 bits per heavy atom. The third kappa shape index (κ3) is 3.19. The first kappa shape index (κ1) is 18.9. The van der Waals surface area contributed by atoms with Crippen LogP contribution < -0.4 is 4.80 Å². The molecule has 4 rings (SSSR count). The van der Waals surface area contributed by atoms with Crippen LogP contribution in [0.25, 0.3) is 10.2 Å². The molecule has 3 amide bonds. The van der Waals surface area contributed by atoms with Crippen LogP contribution in [-0.4, -0.2) is 33.7 Å². The quantitative estimate of drug-likeness (QED) is 0.488. The van der Waals surface area contributed by atoms with Crippen LogP contribution >= 0.6 is 11.3 Å². The lowest BCUT2D eigenvalue weighted by Crippen LogP contribution is -2.35. The molecule has 0 saturated carbocycles. The molecule has 0 aliphatic carbocycles. The number of carbonyl (C=O) groups excluding carboxylic acids is 3. The highest BCUT2D eigenvalue weighted by molar-refractivity contribution is 7.16. The zero-order valence-corrected chi connectivity index (χ0v) is 15.7. The molecule has 0 saturated heterocycles. The summed E-state index contributed by atoms with van der Waals surface area (Å²) in [6.45, 7) is 3.19. The predicted octanol–water partition coefficient (Wildman–Crippen LogP) is 2.89. The summed E-state index contributed by atoms with van der Waals surface area (Å²) in [5.41, 5.74) is 0.557. The van der Waals surface area contributed by atoms with Crippen LogP contribution in [0.15, 0.2) is 54.0 Å². The summed E-state index contributed by atoms with van der Waals surface area (Å²) in [4.78, 5) is 42.1. The Labute approximate surface area is 167 Å². The minimum atomic E-state index is -0.785. The molecule has 0 fully saturated rings. The minimum absolute atomic E-state index is 0.101. The number of imide groups is 1. The Morgan fingerprint density at radius 3 is 2.41 bits per heavy atom. The molecule has 2 aromatic carbocycles. The van der Waals surface area contributed by atoms with Gasteiger partial charge in [-0.1, -0.05) is 29.5 Å². The molecule has 0 bridgehead atoms. The number of hydrogen-bond donors (Lipinski definition) is 0. The molecule has 6 nitrogen and oxygen atoms in total. The van der Waals surface area contributed by atoms with Crippen molar-refractivity contribution in [2.45, 2.75) is 6.54 Å². The average molecular weight is 413 g/mol. The standard InChI is InChI=1S/C20H13F2N3O3S/c1-2-7-24-17-14(22)8-11(21)9-15(17)29-20(24)23-16(26)10-25-18(27)12-5-3-4-6-13(12)19(25)28/h2-6,8-9H,1,7,10H2. The maximum absolute atomic E-state index is 14.3. The smallest absolute Gasteiger partial charge is 0.268 e. The fourth-order valence-corrected chi connectivity index (χ4v) is 4.27. The fraction of sp³-hybridized carbons (Fsp3) is 0.100. The van der Waals surface area contributed by atoms with Crippen molar-refractivity contribution in [3.05, 3.63) is 76.6 Å². The van der Waals surface area contributed by atoms with Crippen LogP contribution in [0, 0.1) is 11.6 Å². The molecule has 1 aliphatic heterocycles. The van der Waals surface area contributed by atoms with Crippen molar-refractivity contribution in [3.63, 3.8) is 0 Å². The van der Waals surface area contributed by atoms with Gasteiger partial charge in [-0.2, -0.15) is 4.99 Å². The topological polar surface area (TPSA) is 71.7 Å². The summed E-state index contributed by atoms with van der Waals surface area (Å²) in [5, 5.41) is 0.